The maximum atomic E-state index is 12.8. The van der Waals surface area contributed by atoms with Gasteiger partial charge in [0.25, 0.3) is 0 Å². The maximum absolute atomic E-state index is 12.8. The minimum atomic E-state index is -0.495. The highest BCUT2D eigenvalue weighted by molar-refractivity contribution is 6.32. The van der Waals surface area contributed by atoms with Crippen LogP contribution in [0.2, 0.25) is 5.02 Å². The van der Waals surface area contributed by atoms with Gasteiger partial charge in [-0.25, -0.2) is 9.69 Å². The van der Waals surface area contributed by atoms with Crippen molar-refractivity contribution < 1.29 is 9.59 Å². The first-order chi connectivity index (χ1) is 9.43. The summed E-state index contributed by atoms with van der Waals surface area (Å²) in [6.07, 6.45) is 2.65. The van der Waals surface area contributed by atoms with Crippen LogP contribution in [0.15, 0.2) is 18.2 Å². The lowest BCUT2D eigenvalue weighted by molar-refractivity contribution is -0.128. The van der Waals surface area contributed by atoms with E-state index in [2.05, 4.69) is 5.32 Å². The Hall–Kier alpha value is -1.55. The van der Waals surface area contributed by atoms with E-state index >= 15 is 0 Å². The molecule has 2 fully saturated rings. The zero-order valence-corrected chi connectivity index (χ0v) is 12.3. The zero-order chi connectivity index (χ0) is 14.5. The van der Waals surface area contributed by atoms with Crippen LogP contribution in [0.1, 0.15) is 31.7 Å². The van der Waals surface area contributed by atoms with Crippen LogP contribution in [0, 0.1) is 12.3 Å². The molecule has 0 spiro atoms. The van der Waals surface area contributed by atoms with Crippen molar-refractivity contribution in [1.82, 2.24) is 5.32 Å². The van der Waals surface area contributed by atoms with Crippen molar-refractivity contribution in [1.29, 1.82) is 0 Å². The van der Waals surface area contributed by atoms with E-state index in [1.807, 2.05) is 19.9 Å². The fourth-order valence-electron chi connectivity index (χ4n) is 3.17. The van der Waals surface area contributed by atoms with E-state index in [4.69, 9.17) is 11.6 Å². The van der Waals surface area contributed by atoms with Gasteiger partial charge in [0.15, 0.2) is 0 Å². The molecule has 20 heavy (non-hydrogen) atoms. The predicted molar refractivity (Wildman–Crippen MR) is 78.0 cm³/mol. The Balaban J connectivity index is 2.02. The number of urea groups is 1. The second-order valence-electron chi connectivity index (χ2n) is 5.89. The molecule has 1 heterocycles. The molecule has 0 bridgehead atoms. The molecule has 1 saturated heterocycles. The minimum Gasteiger partial charge on any atom is -0.334 e. The predicted octanol–water partition coefficient (Wildman–Crippen LogP) is 3.26. The van der Waals surface area contributed by atoms with Crippen LogP contribution in [0.5, 0.6) is 0 Å². The fourth-order valence-corrected chi connectivity index (χ4v) is 3.35. The Morgan fingerprint density at radius 3 is 2.85 bits per heavy atom. The lowest BCUT2D eigenvalue weighted by Gasteiger charge is -2.40. The Kier molecular flexibility index (Phi) is 3.01. The highest BCUT2D eigenvalue weighted by Crippen LogP contribution is 2.43. The van der Waals surface area contributed by atoms with Gasteiger partial charge in [-0.15, -0.1) is 0 Å². The van der Waals surface area contributed by atoms with Gasteiger partial charge < -0.3 is 5.32 Å². The first kappa shape index (κ1) is 13.4. The van der Waals surface area contributed by atoms with Gasteiger partial charge in [-0.05, 0) is 44.4 Å². The van der Waals surface area contributed by atoms with Crippen molar-refractivity contribution in [2.75, 3.05) is 4.90 Å². The van der Waals surface area contributed by atoms with Gasteiger partial charge in [0.2, 0.25) is 5.91 Å². The van der Waals surface area contributed by atoms with Crippen molar-refractivity contribution in [2.24, 2.45) is 5.41 Å². The van der Waals surface area contributed by atoms with Gasteiger partial charge in [-0.3, -0.25) is 4.79 Å². The van der Waals surface area contributed by atoms with Gasteiger partial charge in [0.05, 0.1) is 11.1 Å². The Morgan fingerprint density at radius 1 is 1.40 bits per heavy atom. The number of benzene rings is 1. The van der Waals surface area contributed by atoms with Crippen molar-refractivity contribution >= 4 is 29.2 Å². The molecule has 4 nitrogen and oxygen atoms in total. The van der Waals surface area contributed by atoms with Crippen LogP contribution in [0.4, 0.5) is 10.5 Å². The molecular weight excluding hydrogens is 276 g/mol. The third-order valence-electron chi connectivity index (χ3n) is 4.56. The van der Waals surface area contributed by atoms with Crippen molar-refractivity contribution in [3.8, 4) is 0 Å². The van der Waals surface area contributed by atoms with Gasteiger partial charge >= 0.3 is 6.03 Å². The standard InChI is InChI=1S/C15H17ClN2O2/c1-9-5-6-10(8-11(9)16)18-13(19)15(2)7-3-4-12(15)17-14(18)20/h5-6,8,12H,3-4,7H2,1-2H3,(H,17,20). The van der Waals surface area contributed by atoms with E-state index in [1.54, 1.807) is 12.1 Å². The van der Waals surface area contributed by atoms with Gasteiger partial charge in [0.1, 0.15) is 0 Å². The molecule has 3 amide bonds. The second-order valence-corrected chi connectivity index (χ2v) is 6.29. The summed E-state index contributed by atoms with van der Waals surface area (Å²) in [6, 6.07) is 4.87. The molecule has 2 unspecified atom stereocenters. The SMILES string of the molecule is Cc1ccc(N2C(=O)NC3CCCC3(C)C2=O)cc1Cl. The van der Waals surface area contributed by atoms with E-state index in [1.165, 1.54) is 4.90 Å². The number of imide groups is 1. The van der Waals surface area contributed by atoms with Crippen molar-refractivity contribution in [3.05, 3.63) is 28.8 Å². The number of hydrogen-bond acceptors (Lipinski definition) is 2. The second kappa shape index (κ2) is 4.48. The monoisotopic (exact) mass is 292 g/mol. The van der Waals surface area contributed by atoms with Crippen LogP contribution < -0.4 is 10.2 Å². The molecule has 1 aromatic rings. The van der Waals surface area contributed by atoms with Gasteiger partial charge in [0, 0.05) is 11.1 Å². The van der Waals surface area contributed by atoms with Gasteiger partial charge in [-0.2, -0.15) is 0 Å². The van der Waals surface area contributed by atoms with E-state index in [9.17, 15) is 9.59 Å². The number of carbonyl (C=O) groups excluding carboxylic acids is 2. The molecule has 1 aliphatic heterocycles. The summed E-state index contributed by atoms with van der Waals surface area (Å²) in [5, 5.41) is 3.51. The average molecular weight is 293 g/mol. The van der Waals surface area contributed by atoms with Crippen LogP contribution in [0.3, 0.4) is 0 Å². The molecule has 1 aromatic carbocycles. The van der Waals surface area contributed by atoms with Crippen LogP contribution >= 0.6 is 11.6 Å². The number of hydrogen-bond donors (Lipinski definition) is 1. The number of carbonyl (C=O) groups is 2. The maximum Gasteiger partial charge on any atom is 0.329 e. The third kappa shape index (κ3) is 1.82. The summed E-state index contributed by atoms with van der Waals surface area (Å²) in [4.78, 5) is 26.2. The first-order valence-corrected chi connectivity index (χ1v) is 7.22. The van der Waals surface area contributed by atoms with Crippen LogP contribution in [-0.4, -0.2) is 18.0 Å². The summed E-state index contributed by atoms with van der Waals surface area (Å²) in [6.45, 7) is 3.83. The summed E-state index contributed by atoms with van der Waals surface area (Å²) < 4.78 is 0. The quantitative estimate of drug-likeness (QED) is 0.863. The topological polar surface area (TPSA) is 49.4 Å². The number of rotatable bonds is 1. The molecule has 106 valence electrons. The van der Waals surface area contributed by atoms with Crippen molar-refractivity contribution in [3.63, 3.8) is 0 Å². The molecule has 2 atom stereocenters. The average Bonchev–Trinajstić information content (AvgIpc) is 2.77. The molecule has 1 N–H and O–H groups in total. The molecule has 1 aliphatic carbocycles. The summed E-state index contributed by atoms with van der Waals surface area (Å²) in [5.74, 6) is -0.122. The molecule has 0 aromatic heterocycles. The Morgan fingerprint density at radius 2 is 2.15 bits per heavy atom. The van der Waals surface area contributed by atoms with Crippen molar-refractivity contribution in [2.45, 2.75) is 39.2 Å². The molecule has 3 rings (SSSR count). The molecular formula is C15H17ClN2O2. The van der Waals surface area contributed by atoms with E-state index in [0.29, 0.717) is 10.7 Å². The zero-order valence-electron chi connectivity index (χ0n) is 11.6. The van der Waals surface area contributed by atoms with E-state index in [0.717, 1.165) is 24.8 Å². The van der Waals surface area contributed by atoms with Crippen LogP contribution in [0.25, 0.3) is 0 Å². The molecule has 2 aliphatic rings. The lowest BCUT2D eigenvalue weighted by Crippen LogP contribution is -2.63. The first-order valence-electron chi connectivity index (χ1n) is 6.85. The summed E-state index contributed by atoms with van der Waals surface area (Å²) in [7, 11) is 0. The Bertz CT molecular complexity index is 602. The molecule has 0 radical (unpaired) electrons. The number of nitrogens with one attached hydrogen (secondary N) is 1. The molecule has 5 heteroatoms. The summed E-state index contributed by atoms with van der Waals surface area (Å²) >= 11 is 6.10. The number of anilines is 1. The molecule has 1 saturated carbocycles. The number of amides is 3. The largest absolute Gasteiger partial charge is 0.334 e. The highest BCUT2D eigenvalue weighted by atomic mass is 35.5. The number of fused-ring (bicyclic) bond motifs is 1. The minimum absolute atomic E-state index is 0.0420. The number of nitrogens with zero attached hydrogens (tertiary/aromatic N) is 1. The van der Waals surface area contributed by atoms with Gasteiger partial charge in [-0.1, -0.05) is 24.1 Å². The number of aryl methyl sites for hydroxylation is 1. The number of halogens is 1. The van der Waals surface area contributed by atoms with E-state index < -0.39 is 5.41 Å². The van der Waals surface area contributed by atoms with E-state index in [-0.39, 0.29) is 18.0 Å². The fraction of sp³-hybridized carbons (Fsp3) is 0.467. The summed E-state index contributed by atoms with van der Waals surface area (Å²) in [5.41, 5.74) is 0.963. The lowest BCUT2D eigenvalue weighted by atomic mass is 9.81. The van der Waals surface area contributed by atoms with Crippen LogP contribution in [-0.2, 0) is 4.79 Å². The highest BCUT2D eigenvalue weighted by Gasteiger charge is 2.53. The smallest absolute Gasteiger partial charge is 0.329 e. The third-order valence-corrected chi connectivity index (χ3v) is 4.97. The Labute approximate surface area is 123 Å². The normalized spacial score (nSPS) is 29.4.